The van der Waals surface area contributed by atoms with E-state index < -0.39 is 12.3 Å². The molecule has 0 unspecified atom stereocenters. The molecule has 1 saturated heterocycles. The minimum Gasteiger partial charge on any atom is -0.483 e. The van der Waals surface area contributed by atoms with Crippen LogP contribution in [0.4, 0.5) is 10.2 Å². The summed E-state index contributed by atoms with van der Waals surface area (Å²) < 4.78 is 15.2. The van der Waals surface area contributed by atoms with E-state index in [1.165, 1.54) is 0 Å². The van der Waals surface area contributed by atoms with Gasteiger partial charge in [0.05, 0.1) is 12.7 Å². The van der Waals surface area contributed by atoms with Gasteiger partial charge in [0.1, 0.15) is 18.1 Å². The number of rotatable bonds is 1. The number of β-amino-alcohol motifs (C(OH)–C–C–N with tert-alkyl or cyclic N) is 1. The first kappa shape index (κ1) is 15.2. The molecule has 1 aliphatic heterocycles. The molecule has 8 heteroatoms. The van der Waals surface area contributed by atoms with Gasteiger partial charge in [-0.2, -0.15) is 9.61 Å². The summed E-state index contributed by atoms with van der Waals surface area (Å²) in [5, 5.41) is 20.7. The molecule has 2 aromatic rings. The maximum absolute atomic E-state index is 13.5. The molecular formula is C13H17FN4O3. The maximum Gasteiger partial charge on any atom is 0.290 e. The van der Waals surface area contributed by atoms with Crippen molar-refractivity contribution in [2.75, 3.05) is 18.0 Å². The zero-order valence-electron chi connectivity index (χ0n) is 11.8. The molecule has 7 nitrogen and oxygen atoms in total. The second-order valence-corrected chi connectivity index (χ2v) is 4.84. The molecule has 3 heterocycles. The highest BCUT2D eigenvalue weighted by Gasteiger charge is 2.33. The smallest absolute Gasteiger partial charge is 0.290 e. The van der Waals surface area contributed by atoms with Crippen LogP contribution in [0.3, 0.4) is 0 Å². The van der Waals surface area contributed by atoms with Gasteiger partial charge in [-0.15, -0.1) is 0 Å². The van der Waals surface area contributed by atoms with Crippen LogP contribution in [-0.2, 0) is 4.79 Å². The third-order valence-corrected chi connectivity index (χ3v) is 3.50. The van der Waals surface area contributed by atoms with Crippen molar-refractivity contribution in [3.05, 3.63) is 23.5 Å². The number of nitrogens with zero attached hydrogens (tertiary/aromatic N) is 4. The third-order valence-electron chi connectivity index (χ3n) is 3.50. The van der Waals surface area contributed by atoms with E-state index in [0.717, 1.165) is 22.7 Å². The second kappa shape index (κ2) is 6.04. The lowest BCUT2D eigenvalue weighted by atomic mass is 10.2. The van der Waals surface area contributed by atoms with Gasteiger partial charge in [0.2, 0.25) is 0 Å². The van der Waals surface area contributed by atoms with E-state index >= 15 is 0 Å². The zero-order chi connectivity index (χ0) is 15.6. The number of aliphatic hydroxyl groups excluding tert-OH is 1. The van der Waals surface area contributed by atoms with Crippen LogP contribution in [0.15, 0.2) is 12.3 Å². The number of aryl methyl sites for hydroxylation is 1. The topological polar surface area (TPSA) is 91.0 Å². The number of alkyl halides is 1. The summed E-state index contributed by atoms with van der Waals surface area (Å²) in [6.45, 7) is 4.10. The Morgan fingerprint density at radius 3 is 2.67 bits per heavy atom. The van der Waals surface area contributed by atoms with E-state index in [9.17, 15) is 9.50 Å². The first-order valence-corrected chi connectivity index (χ1v) is 6.45. The fraction of sp³-hybridized carbons (Fsp3) is 0.462. The Morgan fingerprint density at radius 1 is 1.43 bits per heavy atom. The molecule has 1 fully saturated rings. The number of carbonyl (C=O) groups is 1. The van der Waals surface area contributed by atoms with Gasteiger partial charge in [-0.1, -0.05) is 0 Å². The van der Waals surface area contributed by atoms with E-state index in [-0.39, 0.29) is 13.0 Å². The molecule has 2 N–H and O–H groups in total. The van der Waals surface area contributed by atoms with Gasteiger partial charge in [-0.05, 0) is 13.8 Å². The molecule has 0 aromatic carbocycles. The number of aromatic nitrogens is 3. The first-order chi connectivity index (χ1) is 9.99. The Balaban J connectivity index is 0.000000497. The Kier molecular flexibility index (Phi) is 4.37. The minimum absolute atomic E-state index is 0.195. The van der Waals surface area contributed by atoms with E-state index in [4.69, 9.17) is 9.90 Å². The Morgan fingerprint density at radius 2 is 2.10 bits per heavy atom. The van der Waals surface area contributed by atoms with E-state index in [2.05, 4.69) is 10.1 Å². The van der Waals surface area contributed by atoms with Crippen molar-refractivity contribution < 1.29 is 19.4 Å². The highest BCUT2D eigenvalue weighted by atomic mass is 19.1. The molecule has 3 rings (SSSR count). The summed E-state index contributed by atoms with van der Waals surface area (Å²) in [4.78, 5) is 14.6. The third kappa shape index (κ3) is 2.80. The van der Waals surface area contributed by atoms with Crippen molar-refractivity contribution in [2.24, 2.45) is 0 Å². The average Bonchev–Trinajstić information content (AvgIpc) is 2.99. The SMILES string of the molecule is Cc1nc2ccnn2c(N2C[C@@H](O)[C@H](F)C2)c1C.O=CO. The number of hydrogen-bond acceptors (Lipinski definition) is 5. The van der Waals surface area contributed by atoms with Crippen molar-refractivity contribution in [1.82, 2.24) is 14.6 Å². The Bertz CT molecular complexity index is 636. The quantitative estimate of drug-likeness (QED) is 0.748. The first-order valence-electron chi connectivity index (χ1n) is 6.45. The molecule has 2 atom stereocenters. The molecule has 1 aliphatic rings. The van der Waals surface area contributed by atoms with E-state index in [1.807, 2.05) is 24.8 Å². The van der Waals surface area contributed by atoms with E-state index in [0.29, 0.717) is 6.54 Å². The van der Waals surface area contributed by atoms with Gasteiger partial charge >= 0.3 is 0 Å². The van der Waals surface area contributed by atoms with Crippen LogP contribution in [0.1, 0.15) is 11.3 Å². The van der Waals surface area contributed by atoms with Crippen LogP contribution >= 0.6 is 0 Å². The van der Waals surface area contributed by atoms with Crippen LogP contribution in [0, 0.1) is 13.8 Å². The number of anilines is 1. The average molecular weight is 296 g/mol. The van der Waals surface area contributed by atoms with Gasteiger partial charge in [-0.3, -0.25) is 4.79 Å². The summed E-state index contributed by atoms with van der Waals surface area (Å²) in [5.74, 6) is 0.821. The van der Waals surface area contributed by atoms with Crippen LogP contribution in [0.2, 0.25) is 0 Å². The summed E-state index contributed by atoms with van der Waals surface area (Å²) in [7, 11) is 0. The van der Waals surface area contributed by atoms with Crippen molar-refractivity contribution in [3.63, 3.8) is 0 Å². The summed E-state index contributed by atoms with van der Waals surface area (Å²) >= 11 is 0. The fourth-order valence-corrected chi connectivity index (χ4v) is 2.41. The number of aliphatic hydroxyl groups is 1. The highest BCUT2D eigenvalue weighted by molar-refractivity contribution is 5.57. The summed E-state index contributed by atoms with van der Waals surface area (Å²) in [6, 6.07) is 1.81. The lowest BCUT2D eigenvalue weighted by Crippen LogP contribution is -2.25. The summed E-state index contributed by atoms with van der Waals surface area (Å²) in [6.07, 6.45) is -0.462. The molecular weight excluding hydrogens is 279 g/mol. The maximum atomic E-state index is 13.5. The predicted octanol–water partition coefficient (Wildman–Crippen LogP) is 0.566. The summed E-state index contributed by atoms with van der Waals surface area (Å²) in [5.41, 5.74) is 2.60. The monoisotopic (exact) mass is 296 g/mol. The molecule has 0 radical (unpaired) electrons. The zero-order valence-corrected chi connectivity index (χ0v) is 11.8. The Labute approximate surface area is 120 Å². The number of carboxylic acid groups (broad SMARTS) is 1. The van der Waals surface area contributed by atoms with Crippen molar-refractivity contribution >= 4 is 17.9 Å². The normalized spacial score (nSPS) is 21.2. The molecule has 2 aromatic heterocycles. The minimum atomic E-state index is -1.21. The standard InChI is InChI=1S/C12H15FN4O.CH2O2/c1-7-8(2)15-11-3-4-14-17(11)12(7)16-5-9(13)10(18)6-16;2-1-3/h3-4,9-10,18H,5-6H2,1-2H3;1H,(H,2,3)/t9-,10-;/m1./s1. The van der Waals surface area contributed by atoms with Crippen LogP contribution < -0.4 is 4.90 Å². The molecule has 21 heavy (non-hydrogen) atoms. The van der Waals surface area contributed by atoms with Gasteiger partial charge < -0.3 is 15.1 Å². The largest absolute Gasteiger partial charge is 0.483 e. The van der Waals surface area contributed by atoms with Gasteiger partial charge in [-0.25, -0.2) is 9.37 Å². The lowest BCUT2D eigenvalue weighted by Gasteiger charge is -2.21. The van der Waals surface area contributed by atoms with Crippen molar-refractivity contribution in [3.8, 4) is 0 Å². The Hall–Kier alpha value is -2.22. The number of fused-ring (bicyclic) bond motifs is 1. The van der Waals surface area contributed by atoms with Crippen LogP contribution in [0.25, 0.3) is 5.65 Å². The highest BCUT2D eigenvalue weighted by Crippen LogP contribution is 2.27. The molecule has 0 spiro atoms. The predicted molar refractivity (Wildman–Crippen MR) is 74.3 cm³/mol. The molecule has 114 valence electrons. The van der Waals surface area contributed by atoms with Crippen molar-refractivity contribution in [2.45, 2.75) is 26.1 Å². The van der Waals surface area contributed by atoms with Crippen LogP contribution in [0.5, 0.6) is 0 Å². The van der Waals surface area contributed by atoms with E-state index in [1.54, 1.807) is 10.7 Å². The van der Waals surface area contributed by atoms with Gasteiger partial charge in [0.25, 0.3) is 6.47 Å². The van der Waals surface area contributed by atoms with Gasteiger partial charge in [0, 0.05) is 23.9 Å². The molecule has 0 aliphatic carbocycles. The molecule has 0 amide bonds. The number of hydrogen-bond donors (Lipinski definition) is 2. The molecule has 0 bridgehead atoms. The fourth-order valence-electron chi connectivity index (χ4n) is 2.41. The van der Waals surface area contributed by atoms with Crippen molar-refractivity contribution in [1.29, 1.82) is 0 Å². The van der Waals surface area contributed by atoms with Gasteiger partial charge in [0.15, 0.2) is 5.65 Å². The van der Waals surface area contributed by atoms with Crippen LogP contribution in [-0.4, -0.2) is 56.6 Å². The lowest BCUT2D eigenvalue weighted by molar-refractivity contribution is -0.122. The number of halogens is 1. The second-order valence-electron chi connectivity index (χ2n) is 4.84. The molecule has 0 saturated carbocycles.